The first-order valence-corrected chi connectivity index (χ1v) is 11.8. The number of morpholine rings is 1. The normalized spacial score (nSPS) is 18.0. The first-order valence-electron chi connectivity index (χ1n) is 11.8. The molecule has 1 atom stereocenters. The van der Waals surface area contributed by atoms with Crippen LogP contribution in [0.2, 0.25) is 0 Å². The van der Waals surface area contributed by atoms with Gasteiger partial charge in [-0.2, -0.15) is 0 Å². The highest BCUT2D eigenvalue weighted by Crippen LogP contribution is 2.28. The summed E-state index contributed by atoms with van der Waals surface area (Å²) in [6.45, 7) is 8.54. The number of aromatic nitrogens is 2. The number of pyridine rings is 1. The van der Waals surface area contributed by atoms with Crippen LogP contribution in [0.25, 0.3) is 5.65 Å². The Kier molecular flexibility index (Phi) is 6.25. The lowest BCUT2D eigenvalue weighted by molar-refractivity contribution is 0.122. The van der Waals surface area contributed by atoms with Crippen molar-refractivity contribution in [3.8, 4) is 0 Å². The van der Waals surface area contributed by atoms with Crippen molar-refractivity contribution >= 4 is 28.9 Å². The second kappa shape index (κ2) is 9.38. The van der Waals surface area contributed by atoms with Crippen LogP contribution in [0.4, 0.5) is 26.0 Å². The van der Waals surface area contributed by atoms with Crippen LogP contribution < -0.4 is 21.1 Å². The molecule has 5 rings (SSSR count). The highest BCUT2D eigenvalue weighted by molar-refractivity contribution is 5.90. The van der Waals surface area contributed by atoms with E-state index in [0.717, 1.165) is 6.07 Å². The minimum Gasteiger partial charge on any atom is -0.462 e. The number of hydrogen-bond acceptors (Lipinski definition) is 8. The molecular weight excluding hydrogens is 470 g/mol. The number of aliphatic imine (C=N–C) groups is 1. The van der Waals surface area contributed by atoms with Crippen LogP contribution in [0, 0.1) is 11.6 Å². The maximum Gasteiger partial charge on any atom is 0.289 e. The van der Waals surface area contributed by atoms with Crippen molar-refractivity contribution in [3.63, 3.8) is 0 Å². The van der Waals surface area contributed by atoms with Gasteiger partial charge in [-0.05, 0) is 39.0 Å². The molecule has 2 aromatic heterocycles. The average molecular weight is 499 g/mol. The zero-order valence-electron chi connectivity index (χ0n) is 20.3. The maximum atomic E-state index is 13.8. The van der Waals surface area contributed by atoms with Crippen molar-refractivity contribution in [2.45, 2.75) is 32.4 Å². The van der Waals surface area contributed by atoms with Gasteiger partial charge in [0.25, 0.3) is 11.6 Å². The Labute approximate surface area is 206 Å². The molecule has 36 heavy (non-hydrogen) atoms. The van der Waals surface area contributed by atoms with Crippen LogP contribution in [0.3, 0.4) is 0 Å². The van der Waals surface area contributed by atoms with Crippen LogP contribution in [0.5, 0.6) is 0 Å². The highest BCUT2D eigenvalue weighted by Gasteiger charge is 2.27. The summed E-state index contributed by atoms with van der Waals surface area (Å²) >= 11 is 0. The lowest BCUT2D eigenvalue weighted by Crippen LogP contribution is -2.37. The van der Waals surface area contributed by atoms with Crippen molar-refractivity contribution in [1.29, 1.82) is 0 Å². The molecule has 0 bridgehead atoms. The van der Waals surface area contributed by atoms with Crippen molar-refractivity contribution < 1.29 is 18.3 Å². The summed E-state index contributed by atoms with van der Waals surface area (Å²) < 4.78 is 40.1. The maximum absolute atomic E-state index is 13.8. The van der Waals surface area contributed by atoms with Gasteiger partial charge in [0.2, 0.25) is 0 Å². The molecule has 0 aliphatic carbocycles. The minimum atomic E-state index is -0.687. The average Bonchev–Trinajstić information content (AvgIpc) is 3.16. The molecule has 1 fully saturated rings. The van der Waals surface area contributed by atoms with Gasteiger partial charge in [0.05, 0.1) is 30.5 Å². The fraction of sp³-hybridized carbons (Fsp3) is 0.400. The van der Waals surface area contributed by atoms with Crippen LogP contribution >= 0.6 is 0 Å². The van der Waals surface area contributed by atoms with E-state index in [9.17, 15) is 13.6 Å². The lowest BCUT2D eigenvalue weighted by Gasteiger charge is -2.28. The molecule has 3 aromatic rings. The summed E-state index contributed by atoms with van der Waals surface area (Å²) in [7, 11) is 0. The van der Waals surface area contributed by atoms with Gasteiger partial charge in [0.15, 0.2) is 0 Å². The number of halogens is 2. The minimum absolute atomic E-state index is 0.259. The molecule has 0 saturated carbocycles. The molecule has 0 spiro atoms. The van der Waals surface area contributed by atoms with E-state index in [1.165, 1.54) is 22.6 Å². The summed E-state index contributed by atoms with van der Waals surface area (Å²) in [4.78, 5) is 24.5. The molecule has 4 heterocycles. The smallest absolute Gasteiger partial charge is 0.289 e. The Morgan fingerprint density at radius 2 is 1.78 bits per heavy atom. The third kappa shape index (κ3) is 5.11. The Morgan fingerprint density at radius 3 is 2.44 bits per heavy atom. The fourth-order valence-corrected chi connectivity index (χ4v) is 4.29. The number of nitrogens with zero attached hydrogens (tertiary/aromatic N) is 4. The predicted molar refractivity (Wildman–Crippen MR) is 134 cm³/mol. The summed E-state index contributed by atoms with van der Waals surface area (Å²) in [6, 6.07) is 6.46. The van der Waals surface area contributed by atoms with E-state index in [1.807, 2.05) is 31.7 Å². The standard InChI is InChI=1S/C25H28F2N6O3/c1-15(28-18-9-16(26)8-17(27)10-18)20-11-19(29-24-31-25(2,3)14-36-24)13-33-22(34)12-21(30-23(20)33)32-4-6-35-7-5-32/h8-13,15,28H,4-7,14H2,1-3H3,(H,29,31). The number of nitrogens with one attached hydrogen (secondary N) is 2. The van der Waals surface area contributed by atoms with Crippen LogP contribution in [0.15, 0.2) is 46.3 Å². The molecule has 0 radical (unpaired) electrons. The molecule has 190 valence electrons. The van der Waals surface area contributed by atoms with Gasteiger partial charge < -0.3 is 25.0 Å². The fourth-order valence-electron chi connectivity index (χ4n) is 4.29. The number of fused-ring (bicyclic) bond motifs is 1. The monoisotopic (exact) mass is 498 g/mol. The first kappa shape index (κ1) is 24.0. The number of benzene rings is 1. The topological polar surface area (TPSA) is 92.5 Å². The molecule has 1 saturated heterocycles. The van der Waals surface area contributed by atoms with E-state index in [1.54, 1.807) is 6.20 Å². The molecule has 2 aliphatic heterocycles. The summed E-state index contributed by atoms with van der Waals surface area (Å²) in [5, 5.41) is 6.26. The Balaban J connectivity index is 1.58. The van der Waals surface area contributed by atoms with E-state index in [2.05, 4.69) is 15.6 Å². The molecule has 0 amide bonds. The number of amidine groups is 1. The van der Waals surface area contributed by atoms with Crippen molar-refractivity contribution in [2.75, 3.05) is 48.4 Å². The summed E-state index contributed by atoms with van der Waals surface area (Å²) in [5.74, 6) is -0.819. The van der Waals surface area contributed by atoms with E-state index < -0.39 is 17.7 Å². The van der Waals surface area contributed by atoms with Crippen molar-refractivity contribution in [1.82, 2.24) is 9.38 Å². The largest absolute Gasteiger partial charge is 0.462 e. The van der Waals surface area contributed by atoms with Gasteiger partial charge in [0.1, 0.15) is 29.7 Å². The Bertz CT molecular complexity index is 1360. The third-order valence-corrected chi connectivity index (χ3v) is 6.04. The van der Waals surface area contributed by atoms with E-state index in [-0.39, 0.29) is 16.8 Å². The van der Waals surface area contributed by atoms with Gasteiger partial charge >= 0.3 is 0 Å². The van der Waals surface area contributed by atoms with Crippen LogP contribution in [-0.4, -0.2) is 53.9 Å². The Hall–Kier alpha value is -3.73. The number of ether oxygens (including phenoxy) is 2. The lowest BCUT2D eigenvalue weighted by atomic mass is 10.1. The number of anilines is 3. The molecular formula is C25H28F2N6O3. The van der Waals surface area contributed by atoms with Crippen molar-refractivity contribution in [3.05, 3.63) is 64.1 Å². The highest BCUT2D eigenvalue weighted by atomic mass is 19.1. The van der Waals surface area contributed by atoms with Gasteiger partial charge in [-0.3, -0.25) is 9.20 Å². The first-order chi connectivity index (χ1) is 17.2. The molecule has 1 aromatic carbocycles. The number of hydrogen-bond donors (Lipinski definition) is 2. The van der Waals surface area contributed by atoms with Gasteiger partial charge in [-0.25, -0.2) is 18.8 Å². The second-order valence-electron chi connectivity index (χ2n) is 9.60. The SMILES string of the molecule is CC(Nc1cc(F)cc(F)c1)c1cc(NC2=NC(C)(C)CO2)cn2c(=O)cc(N3CCOCC3)nc12. The quantitative estimate of drug-likeness (QED) is 0.556. The Morgan fingerprint density at radius 1 is 1.06 bits per heavy atom. The zero-order chi connectivity index (χ0) is 25.4. The molecule has 11 heteroatoms. The molecule has 2 N–H and O–H groups in total. The summed E-state index contributed by atoms with van der Waals surface area (Å²) in [5.41, 5.74) is 1.30. The van der Waals surface area contributed by atoms with Gasteiger partial charge in [0, 0.05) is 42.7 Å². The van der Waals surface area contributed by atoms with E-state index in [4.69, 9.17) is 14.5 Å². The predicted octanol–water partition coefficient (Wildman–Crippen LogP) is 3.56. The molecule has 1 unspecified atom stereocenters. The van der Waals surface area contributed by atoms with Gasteiger partial charge in [-0.1, -0.05) is 0 Å². The summed E-state index contributed by atoms with van der Waals surface area (Å²) in [6.07, 6.45) is 1.64. The van der Waals surface area contributed by atoms with Crippen LogP contribution in [-0.2, 0) is 9.47 Å². The molecule has 9 nitrogen and oxygen atoms in total. The molecule has 2 aliphatic rings. The number of rotatable bonds is 5. The van der Waals surface area contributed by atoms with Crippen LogP contribution in [0.1, 0.15) is 32.4 Å². The van der Waals surface area contributed by atoms with Crippen molar-refractivity contribution in [2.24, 2.45) is 4.99 Å². The third-order valence-electron chi connectivity index (χ3n) is 6.04. The zero-order valence-corrected chi connectivity index (χ0v) is 20.3. The van der Waals surface area contributed by atoms with Gasteiger partial charge in [-0.15, -0.1) is 0 Å². The van der Waals surface area contributed by atoms with E-state index >= 15 is 0 Å². The second-order valence-corrected chi connectivity index (χ2v) is 9.60. The van der Waals surface area contributed by atoms with E-state index in [0.29, 0.717) is 61.6 Å².